The van der Waals surface area contributed by atoms with Gasteiger partial charge < -0.3 is 29.5 Å². The highest BCUT2D eigenvalue weighted by Gasteiger charge is 2.62. The third kappa shape index (κ3) is 11.0. The minimum atomic E-state index is -1.07. The smallest absolute Gasteiger partial charge is 0.315 e. The van der Waals surface area contributed by atoms with E-state index < -0.39 is 107 Å². The molecule has 3 aliphatic rings. The first-order valence-corrected chi connectivity index (χ1v) is 32.1. The van der Waals surface area contributed by atoms with Gasteiger partial charge in [0.05, 0.1) is 35.5 Å². The minimum Gasteiger partial charge on any atom is -0.481 e. The fraction of sp³-hybridized carbons (Fsp3) is 0.143. The zero-order valence-electron chi connectivity index (χ0n) is 51.6. The molecule has 3 fully saturated rings. The Morgan fingerprint density at radius 1 is 0.240 bits per heavy atom. The molecular formula is C84H62O12. The average Bonchev–Trinajstić information content (AvgIpc) is 0.735. The third-order valence-electron chi connectivity index (χ3n) is 20.3. The van der Waals surface area contributed by atoms with Crippen molar-refractivity contribution in [2.24, 2.45) is 35.5 Å². The number of hydrogen-bond acceptors (Lipinski definition) is 9. The lowest BCUT2D eigenvalue weighted by molar-refractivity contribution is -0.160. The van der Waals surface area contributed by atoms with Gasteiger partial charge in [0.1, 0.15) is 17.2 Å². The largest absolute Gasteiger partial charge is 0.481 e. The molecule has 3 N–H and O–H groups in total. The Kier molecular flexibility index (Phi) is 15.9. The van der Waals surface area contributed by atoms with E-state index in [4.69, 9.17) is 14.2 Å². The fourth-order valence-corrected chi connectivity index (χ4v) is 15.9. The summed E-state index contributed by atoms with van der Waals surface area (Å²) in [6.45, 7) is 0. The van der Waals surface area contributed by atoms with Crippen molar-refractivity contribution in [1.29, 1.82) is 0 Å². The molecule has 12 aromatic carbocycles. The monoisotopic (exact) mass is 1260 g/mol. The van der Waals surface area contributed by atoms with Crippen LogP contribution in [0.4, 0.5) is 0 Å². The Hall–Kier alpha value is -11.8. The van der Waals surface area contributed by atoms with Crippen LogP contribution in [-0.2, 0) is 28.8 Å². The average molecular weight is 1260 g/mol. The molecule has 0 saturated heterocycles. The van der Waals surface area contributed by atoms with E-state index in [2.05, 4.69) is 0 Å². The zero-order chi connectivity index (χ0) is 65.7. The van der Waals surface area contributed by atoms with Crippen molar-refractivity contribution < 1.29 is 58.3 Å². The summed E-state index contributed by atoms with van der Waals surface area (Å²) < 4.78 is 19.2. The van der Waals surface area contributed by atoms with Crippen LogP contribution in [0.2, 0.25) is 0 Å². The van der Waals surface area contributed by atoms with E-state index >= 15 is 4.79 Å². The third-order valence-corrected chi connectivity index (χ3v) is 20.3. The number of aliphatic carboxylic acids is 3. The van der Waals surface area contributed by atoms with Crippen LogP contribution in [0.1, 0.15) is 68.9 Å². The lowest BCUT2D eigenvalue weighted by atomic mass is 9.52. The number of carboxylic acid groups (broad SMARTS) is 3. The maximum atomic E-state index is 15.3. The molecule has 15 rings (SSSR count). The van der Waals surface area contributed by atoms with E-state index in [0.29, 0.717) is 50.1 Å². The van der Waals surface area contributed by atoms with Crippen molar-refractivity contribution in [3.63, 3.8) is 0 Å². The van der Waals surface area contributed by atoms with Crippen LogP contribution in [0.3, 0.4) is 0 Å². The molecular weight excluding hydrogens is 1200 g/mol. The topological polar surface area (TPSA) is 191 Å². The summed E-state index contributed by atoms with van der Waals surface area (Å²) in [5.41, 5.74) is 6.99. The van der Waals surface area contributed by atoms with Crippen molar-refractivity contribution in [3.05, 3.63) is 318 Å². The summed E-state index contributed by atoms with van der Waals surface area (Å²) in [5.74, 6) is -13.6. The summed E-state index contributed by atoms with van der Waals surface area (Å²) in [6.07, 6.45) is 0. The second kappa shape index (κ2) is 25.3. The molecule has 12 heteroatoms. The van der Waals surface area contributed by atoms with E-state index in [0.717, 1.165) is 49.4 Å². The van der Waals surface area contributed by atoms with Gasteiger partial charge in [-0.15, -0.1) is 0 Å². The molecule has 0 radical (unpaired) electrons. The van der Waals surface area contributed by atoms with Gasteiger partial charge in [0, 0.05) is 46.3 Å². The number of ether oxygens (including phenoxy) is 3. The maximum Gasteiger partial charge on any atom is 0.315 e. The fourth-order valence-electron chi connectivity index (χ4n) is 15.9. The van der Waals surface area contributed by atoms with Gasteiger partial charge in [-0.1, -0.05) is 249 Å². The van der Waals surface area contributed by atoms with Crippen molar-refractivity contribution in [1.82, 2.24) is 0 Å². The molecule has 3 saturated carbocycles. The number of carboxylic acids is 3. The summed E-state index contributed by atoms with van der Waals surface area (Å²) in [4.78, 5) is 84.6. The summed E-state index contributed by atoms with van der Waals surface area (Å²) in [7, 11) is 0. The van der Waals surface area contributed by atoms with E-state index in [1.54, 1.807) is 18.2 Å². The quantitative estimate of drug-likeness (QED) is 0.0578. The van der Waals surface area contributed by atoms with Crippen LogP contribution in [0.5, 0.6) is 17.2 Å². The minimum absolute atomic E-state index is 0.266. The van der Waals surface area contributed by atoms with Gasteiger partial charge >= 0.3 is 35.8 Å². The van der Waals surface area contributed by atoms with Gasteiger partial charge in [0.15, 0.2) is 0 Å². The van der Waals surface area contributed by atoms with Gasteiger partial charge in [-0.25, -0.2) is 0 Å². The number of rotatable bonds is 17. The Morgan fingerprint density at radius 3 is 0.875 bits per heavy atom. The molecule has 0 unspecified atom stereocenters. The number of carbonyl (C=O) groups excluding carboxylic acids is 3. The van der Waals surface area contributed by atoms with E-state index in [-0.39, 0.29) is 5.75 Å². The van der Waals surface area contributed by atoms with Crippen LogP contribution >= 0.6 is 0 Å². The Labute approximate surface area is 552 Å². The number of carbonyl (C=O) groups is 6. The molecule has 10 atom stereocenters. The Bertz CT molecular complexity index is 4930. The van der Waals surface area contributed by atoms with Crippen molar-refractivity contribution >= 4 is 68.1 Å². The van der Waals surface area contributed by atoms with Crippen LogP contribution in [0.25, 0.3) is 54.6 Å². The SMILES string of the molecule is O=C(O)C1[C@@H](c2ccccc2)C(C(=O)Oc2cc(-c3ccc([C@H]4[C@@H](C(=O)O)[C@H](c5ccccc5)[C@H]4C(=O)Oc4cc(-c5ccc([C@@H]6[C@@H](C(=O)O)[C@@H](c7ccccc7)[C@@H]6C(=O)Oc6ccc7ccccc7c6)cc5)cc5ccccc45)cc3)cc3ccccc23)[C@@H]1c1ccccc1. The van der Waals surface area contributed by atoms with E-state index in [9.17, 15) is 39.3 Å². The molecule has 3 aliphatic carbocycles. The molecule has 0 spiro atoms. The summed E-state index contributed by atoms with van der Waals surface area (Å²) in [6, 6.07) is 87.6. The van der Waals surface area contributed by atoms with E-state index in [1.165, 1.54) is 0 Å². The molecule has 0 aromatic heterocycles. The maximum absolute atomic E-state index is 15.3. The van der Waals surface area contributed by atoms with Crippen molar-refractivity contribution in [2.45, 2.75) is 35.5 Å². The summed E-state index contributed by atoms with van der Waals surface area (Å²) in [5, 5.41) is 37.4. The molecule has 470 valence electrons. The summed E-state index contributed by atoms with van der Waals surface area (Å²) >= 11 is 0. The number of fused-ring (bicyclic) bond motifs is 3. The Morgan fingerprint density at radius 2 is 0.531 bits per heavy atom. The lowest BCUT2D eigenvalue weighted by Crippen LogP contribution is -2.52. The van der Waals surface area contributed by atoms with Gasteiger partial charge in [-0.3, -0.25) is 28.8 Å². The van der Waals surface area contributed by atoms with Crippen LogP contribution in [0, 0.1) is 35.5 Å². The molecule has 12 nitrogen and oxygen atoms in total. The first-order valence-electron chi connectivity index (χ1n) is 32.1. The van der Waals surface area contributed by atoms with Crippen molar-refractivity contribution in [2.75, 3.05) is 0 Å². The number of esters is 3. The standard InChI is InChI=1S/C84H62O12/c85-79(86)73-68(52-22-7-2-8-23-52)77(69(73)53-24-9-3-10-25-53)83(92)95-65-46-60(43-58-29-15-17-31-63(58)65)50-35-39-56(40-36-50)72-75(81(89)90)70(54-26-11-4-12-27-54)78(72)84(93)96-66-47-61(44-59-30-16-18-32-64(59)66)49-33-37-55(38-34-49)71-74(80(87)88)67(51-20-5-1-6-21-51)76(71)82(91)94-62-42-41-48-19-13-14-28-57(48)45-62/h1-47,67-78H,(H,85,86)(H,87,88)(H,89,90)/t67-,68-,69-,70+,71-,72+,73?,74+,75+,76+,77?,78-/m1/s1. The van der Waals surface area contributed by atoms with Crippen LogP contribution in [0.15, 0.2) is 285 Å². The second-order valence-electron chi connectivity index (χ2n) is 25.4. The van der Waals surface area contributed by atoms with E-state index in [1.807, 2.05) is 267 Å². The predicted octanol–water partition coefficient (Wildman–Crippen LogP) is 16.9. The zero-order valence-corrected chi connectivity index (χ0v) is 51.6. The van der Waals surface area contributed by atoms with Crippen LogP contribution < -0.4 is 14.2 Å². The predicted molar refractivity (Wildman–Crippen MR) is 366 cm³/mol. The van der Waals surface area contributed by atoms with Gasteiger partial charge in [0.25, 0.3) is 0 Å². The molecule has 96 heavy (non-hydrogen) atoms. The number of hydrogen-bond donors (Lipinski definition) is 3. The molecule has 0 aliphatic heterocycles. The molecule has 0 bridgehead atoms. The molecule has 0 heterocycles. The van der Waals surface area contributed by atoms with Crippen molar-refractivity contribution in [3.8, 4) is 39.5 Å². The van der Waals surface area contributed by atoms with Gasteiger partial charge in [-0.2, -0.15) is 0 Å². The molecule has 12 aromatic rings. The Balaban J connectivity index is 0.727. The highest BCUT2D eigenvalue weighted by Crippen LogP contribution is 2.61. The van der Waals surface area contributed by atoms with Crippen LogP contribution in [-0.4, -0.2) is 51.1 Å². The lowest BCUT2D eigenvalue weighted by Gasteiger charge is -2.49. The normalized spacial score (nSPS) is 22.5. The van der Waals surface area contributed by atoms with Gasteiger partial charge in [0.2, 0.25) is 0 Å². The second-order valence-corrected chi connectivity index (χ2v) is 25.4. The first kappa shape index (κ1) is 60.5. The first-order chi connectivity index (χ1) is 46.9. The highest BCUT2D eigenvalue weighted by atomic mass is 16.5. The number of benzene rings is 12. The van der Waals surface area contributed by atoms with Gasteiger partial charge in [-0.05, 0) is 114 Å². The highest BCUT2D eigenvalue weighted by molar-refractivity contribution is 5.98. The molecule has 0 amide bonds.